The molecule has 0 saturated heterocycles. The van der Waals surface area contributed by atoms with E-state index in [1.165, 1.54) is 12.1 Å². The molecule has 0 radical (unpaired) electrons. The van der Waals surface area contributed by atoms with Crippen molar-refractivity contribution in [3.05, 3.63) is 535 Å². The van der Waals surface area contributed by atoms with Crippen LogP contribution in [-0.4, -0.2) is 91.9 Å². The molecule has 18 rings (SSSR count). The summed E-state index contributed by atoms with van der Waals surface area (Å²) in [5.41, 5.74) is 20.1. The van der Waals surface area contributed by atoms with Gasteiger partial charge in [-0.25, -0.2) is 0 Å². The molecule has 18 aromatic rings. The van der Waals surface area contributed by atoms with Gasteiger partial charge in [0.25, 0.3) is 0 Å². The lowest BCUT2D eigenvalue weighted by Crippen LogP contribution is -2.25. The molecule has 18 heteroatoms. The minimum atomic E-state index is -0.477. The van der Waals surface area contributed by atoms with Crippen LogP contribution in [0.3, 0.4) is 0 Å². The lowest BCUT2D eigenvalue weighted by atomic mass is 9.71. The van der Waals surface area contributed by atoms with Crippen LogP contribution in [0.25, 0.3) is 0 Å². The second-order valence-electron chi connectivity index (χ2n) is 33.4. The highest BCUT2D eigenvalue weighted by atomic mass is 16.3. The minimum Gasteiger partial charge on any atom is -0.508 e. The van der Waals surface area contributed by atoms with E-state index in [-0.39, 0.29) is 139 Å². The van der Waals surface area contributed by atoms with Crippen molar-refractivity contribution >= 4 is 0 Å². The molecule has 0 heterocycles. The van der Waals surface area contributed by atoms with Gasteiger partial charge in [-0.3, -0.25) is 0 Å². The predicted octanol–water partition coefficient (Wildman–Crippen LogP) is 24.8. The summed E-state index contributed by atoms with van der Waals surface area (Å²) in [7, 11) is 0. The molecule has 0 aliphatic heterocycles. The Hall–Kier alpha value is -17.6. The van der Waals surface area contributed by atoms with Crippen molar-refractivity contribution in [3.8, 4) is 103 Å². The number of hydrogen-bond donors (Lipinski definition) is 18. The van der Waals surface area contributed by atoms with Crippen LogP contribution in [0.4, 0.5) is 0 Å². The van der Waals surface area contributed by atoms with E-state index in [4.69, 9.17) is 0 Å². The minimum absolute atomic E-state index is 0.0400. The third kappa shape index (κ3) is 23.2. The van der Waals surface area contributed by atoms with Crippen LogP contribution >= 0.6 is 0 Å². The van der Waals surface area contributed by atoms with Crippen molar-refractivity contribution in [2.45, 2.75) is 61.7 Å². The highest BCUT2D eigenvalue weighted by molar-refractivity contribution is 5.60. The van der Waals surface area contributed by atoms with Crippen LogP contribution < -0.4 is 0 Å². The lowest BCUT2D eigenvalue weighted by molar-refractivity contribution is 0.401. The first-order chi connectivity index (χ1) is 65.5. The van der Waals surface area contributed by atoms with Gasteiger partial charge in [0.15, 0.2) is 23.0 Å². The monoisotopic (exact) mass is 1810 g/mol. The highest BCUT2D eigenvalue weighted by Crippen LogP contribution is 2.48. The number of rotatable bonds is 20. The van der Waals surface area contributed by atoms with Crippen molar-refractivity contribution in [1.29, 1.82) is 0 Å². The van der Waals surface area contributed by atoms with Crippen molar-refractivity contribution in [2.75, 3.05) is 0 Å². The first-order valence-corrected chi connectivity index (χ1v) is 43.8. The molecule has 682 valence electrons. The molecule has 0 fully saturated rings. The summed E-state index contributed by atoms with van der Waals surface area (Å²) in [6.45, 7) is 5.80. The van der Waals surface area contributed by atoms with Crippen LogP contribution in [0.15, 0.2) is 419 Å². The highest BCUT2D eigenvalue weighted by Gasteiger charge is 2.33. The number of phenolic OH excluding ortho intramolecular Hbond substituents is 18. The smallest absolute Gasteiger partial charge is 0.157 e. The summed E-state index contributed by atoms with van der Waals surface area (Å²) < 4.78 is 0. The molecular formula is C118H102O18. The average Bonchev–Trinajstić information content (AvgIpc) is 0.759. The third-order valence-electron chi connectivity index (χ3n) is 24.3. The van der Waals surface area contributed by atoms with Gasteiger partial charge in [-0.05, 0) is 332 Å². The quantitative estimate of drug-likeness (QED) is 0.0249. The van der Waals surface area contributed by atoms with E-state index in [0.29, 0.717) is 0 Å². The van der Waals surface area contributed by atoms with Crippen molar-refractivity contribution in [1.82, 2.24) is 0 Å². The maximum atomic E-state index is 10.00. The summed E-state index contributed by atoms with van der Waals surface area (Å²) in [6, 6.07) is 124. The van der Waals surface area contributed by atoms with Crippen LogP contribution in [0, 0.1) is 13.8 Å². The molecular weight excluding hydrogens is 1710 g/mol. The first kappa shape index (κ1) is 94.5. The van der Waals surface area contributed by atoms with E-state index in [0.717, 1.165) is 117 Å². The Morgan fingerprint density at radius 2 is 0.294 bits per heavy atom. The maximum absolute atomic E-state index is 10.00. The van der Waals surface area contributed by atoms with Gasteiger partial charge in [0, 0.05) is 40.9 Å². The topological polar surface area (TPSA) is 364 Å². The van der Waals surface area contributed by atoms with Gasteiger partial charge >= 0.3 is 0 Å². The second-order valence-corrected chi connectivity index (χ2v) is 33.4. The number of aryl methyl sites for hydroxylation is 2. The van der Waals surface area contributed by atoms with Crippen LogP contribution in [0.1, 0.15) is 159 Å². The van der Waals surface area contributed by atoms with Gasteiger partial charge < -0.3 is 91.9 Å². The fraction of sp³-hybridized carbons (Fsp3) is 0.0847. The normalized spacial score (nSPS) is 11.1. The van der Waals surface area contributed by atoms with Crippen molar-refractivity contribution in [3.63, 3.8) is 0 Å². The Morgan fingerprint density at radius 1 is 0.154 bits per heavy atom. The largest absolute Gasteiger partial charge is 0.508 e. The van der Waals surface area contributed by atoms with Crippen LogP contribution in [0.2, 0.25) is 0 Å². The molecule has 18 N–H and O–H groups in total. The zero-order valence-corrected chi connectivity index (χ0v) is 74.4. The van der Waals surface area contributed by atoms with Gasteiger partial charge in [0.2, 0.25) is 0 Å². The van der Waals surface area contributed by atoms with Gasteiger partial charge in [-0.2, -0.15) is 0 Å². The van der Waals surface area contributed by atoms with E-state index in [2.05, 4.69) is 31.2 Å². The molecule has 0 unspecified atom stereocenters. The summed E-state index contributed by atoms with van der Waals surface area (Å²) in [5, 5.41) is 175. The van der Waals surface area contributed by atoms with E-state index in [9.17, 15) is 91.9 Å². The van der Waals surface area contributed by atoms with E-state index >= 15 is 0 Å². The van der Waals surface area contributed by atoms with Crippen molar-refractivity contribution < 1.29 is 91.9 Å². The van der Waals surface area contributed by atoms with Crippen LogP contribution in [-0.2, 0) is 5.41 Å². The Morgan fingerprint density at radius 3 is 0.471 bits per heavy atom. The molecule has 18 aromatic carbocycles. The molecule has 0 bridgehead atoms. The summed E-state index contributed by atoms with van der Waals surface area (Å²) in [6.07, 6.45) is 0. The molecule has 0 aliphatic rings. The van der Waals surface area contributed by atoms with Crippen LogP contribution in [0.5, 0.6) is 103 Å². The molecule has 0 aliphatic carbocycles. The summed E-state index contributed by atoms with van der Waals surface area (Å²) >= 11 is 0. The lowest BCUT2D eigenvalue weighted by Gasteiger charge is -2.32. The fourth-order valence-electron chi connectivity index (χ4n) is 17.2. The SMILES string of the molecule is CC(c1ccc(O)cc1)(c1ccc(O)cc1)c1ccc(O)cc1.Cc1cc(O)c(O)cc1C(c1ccccc1)c1cc(O)c(O)cc1C.Oc1ccc(C(c2ccc(O)cc2)C(c2ccc(O)cc2)c2ccc(O)cc2)cc1.Oc1ccc(C(c2ccc(O)cc2)c2ccc(C(c3ccc(O)cc3)c3ccc(O)cc3)cc2)cc1.Oc1ccc(C(c2ccc(O)cc2)c2ccc(O)cc2)cc1. The average molecular weight is 1810 g/mol. The second kappa shape index (κ2) is 42.9. The van der Waals surface area contributed by atoms with E-state index < -0.39 is 5.41 Å². The molecule has 136 heavy (non-hydrogen) atoms. The molecule has 0 atom stereocenters. The predicted molar refractivity (Wildman–Crippen MR) is 528 cm³/mol. The number of aromatic hydroxyl groups is 18. The van der Waals surface area contributed by atoms with E-state index in [1.807, 2.05) is 214 Å². The molecule has 0 amide bonds. The Kier molecular flexibility index (Phi) is 29.8. The number of phenols is 18. The van der Waals surface area contributed by atoms with Gasteiger partial charge in [0.05, 0.1) is 0 Å². The zero-order valence-electron chi connectivity index (χ0n) is 74.4. The zero-order chi connectivity index (χ0) is 96.3. The van der Waals surface area contributed by atoms with Crippen molar-refractivity contribution in [2.24, 2.45) is 0 Å². The Labute approximate surface area is 787 Å². The molecule has 0 spiro atoms. The van der Waals surface area contributed by atoms with E-state index in [1.54, 1.807) is 182 Å². The van der Waals surface area contributed by atoms with Gasteiger partial charge in [0.1, 0.15) is 80.5 Å². The van der Waals surface area contributed by atoms with Gasteiger partial charge in [-0.15, -0.1) is 0 Å². The molecule has 0 aromatic heterocycles. The molecule has 0 saturated carbocycles. The number of hydrogen-bond acceptors (Lipinski definition) is 18. The Bertz CT molecular complexity index is 6250. The summed E-state index contributed by atoms with van der Waals surface area (Å²) in [4.78, 5) is 0. The van der Waals surface area contributed by atoms with Gasteiger partial charge in [-0.1, -0.05) is 224 Å². The third-order valence-corrected chi connectivity index (χ3v) is 24.3. The first-order valence-electron chi connectivity index (χ1n) is 43.8. The maximum Gasteiger partial charge on any atom is 0.157 e. The fourth-order valence-corrected chi connectivity index (χ4v) is 17.2. The Balaban J connectivity index is 0.000000138. The number of benzene rings is 18. The standard InChI is InChI=1S/C32H26O4.C26H22O4.C21H20O4.C20H18O3.C19H16O3/c33-27-13-5-23(6-14-27)31(24-7-15-28(34)16-8-24)21-1-2-22(4-3-21)32(25-9-17-29(35)18-10-25)26-11-19-30(36)20-12-26;27-21-9-1-17(2-10-21)25(18-3-11-22(28)12-4-18)26(19-5-13-23(29)14-6-19)20-7-15-24(30)16-8-20;1-12-8-17(22)19(24)10-15(12)21(14-6-4-3-5-7-14)16-11-20(25)18(23)9-13(16)2;1-20(14-2-8-17(21)9-3-14,15-4-10-18(22)11-5-15)16-6-12-19(23)13-7-16;20-16-7-1-13(2-8-16)19(14-3-9-17(21)10-4-14)15-5-11-18(22)12-6-15/h1-20,31-36H;1-16,25-30H;3-11,21-25H,1-2H3;2-13,21-23H,1H3;1-12,19-22H. The summed E-state index contributed by atoms with van der Waals surface area (Å²) in [5.74, 6) is 1.45. The molecule has 18 nitrogen and oxygen atoms in total.